The van der Waals surface area contributed by atoms with E-state index in [9.17, 15) is 13.5 Å². The first-order valence-electron chi connectivity index (χ1n) is 6.74. The Labute approximate surface area is 125 Å². The van der Waals surface area contributed by atoms with Gasteiger partial charge in [-0.05, 0) is 0 Å². The Morgan fingerprint density at radius 1 is 1.48 bits per heavy atom. The zero-order valence-electron chi connectivity index (χ0n) is 12.5. The molecule has 1 aliphatic rings. The van der Waals surface area contributed by atoms with E-state index < -0.39 is 16.1 Å². The lowest BCUT2D eigenvalue weighted by atomic mass is 10.3. The number of aromatic nitrogens is 2. The summed E-state index contributed by atoms with van der Waals surface area (Å²) in [7, 11) is 1.60. The number of sulfonamides is 1. The highest BCUT2D eigenvalue weighted by molar-refractivity contribution is 7.89. The van der Waals surface area contributed by atoms with Crippen LogP contribution in [-0.4, -0.2) is 84.2 Å². The molecule has 0 spiro atoms. The molecule has 2 heterocycles. The maximum absolute atomic E-state index is 11.7. The lowest BCUT2D eigenvalue weighted by molar-refractivity contribution is 0.0736. The first-order chi connectivity index (χ1) is 9.78. The van der Waals surface area contributed by atoms with Gasteiger partial charge in [-0.15, -0.1) is 0 Å². The van der Waals surface area contributed by atoms with E-state index >= 15 is 0 Å². The smallest absolute Gasteiger partial charge is 0.214 e. The van der Waals surface area contributed by atoms with Crippen LogP contribution in [0.15, 0.2) is 12.4 Å². The first-order valence-corrected chi connectivity index (χ1v) is 8.35. The highest BCUT2D eigenvalue weighted by Crippen LogP contribution is 2.18. The molecule has 1 saturated heterocycles. The lowest BCUT2D eigenvalue weighted by Crippen LogP contribution is -2.34. The third kappa shape index (κ3) is 4.16. The number of aliphatic hydroxyl groups is 1. The number of aliphatic hydroxyl groups excluding tert-OH is 1. The summed E-state index contributed by atoms with van der Waals surface area (Å²) in [6.45, 7) is 1.29. The molecule has 0 radical (unpaired) electrons. The van der Waals surface area contributed by atoms with Gasteiger partial charge in [-0.25, -0.2) is 12.7 Å². The summed E-state index contributed by atoms with van der Waals surface area (Å²) in [5.74, 6) is 0.635. The normalized spacial score (nSPS) is 23.9. The second-order valence-corrected chi connectivity index (χ2v) is 7.73. The number of rotatable bonds is 6. The third-order valence-electron chi connectivity index (χ3n) is 3.50. The SMILES string of the molecule is CN(C)S(=O)(=O)CCN1C[C@@H](O)[C@H](Oc2cnn(C)c2)C1. The molecule has 1 aromatic heterocycles. The first kappa shape index (κ1) is 16.2. The van der Waals surface area contributed by atoms with Crippen molar-refractivity contribution in [3.05, 3.63) is 12.4 Å². The number of ether oxygens (including phenoxy) is 1. The number of aryl methyl sites for hydroxylation is 1. The van der Waals surface area contributed by atoms with E-state index in [1.807, 2.05) is 4.90 Å². The minimum atomic E-state index is -3.22. The van der Waals surface area contributed by atoms with Crippen molar-refractivity contribution in [3.63, 3.8) is 0 Å². The molecule has 0 aliphatic carbocycles. The van der Waals surface area contributed by atoms with Crippen molar-refractivity contribution in [2.45, 2.75) is 12.2 Å². The predicted molar refractivity (Wildman–Crippen MR) is 77.5 cm³/mol. The van der Waals surface area contributed by atoms with Crippen LogP contribution in [0.4, 0.5) is 0 Å². The molecular formula is C12H22N4O4S. The molecule has 1 fully saturated rings. The quantitative estimate of drug-likeness (QED) is 0.704. The van der Waals surface area contributed by atoms with Crippen molar-refractivity contribution in [3.8, 4) is 5.75 Å². The van der Waals surface area contributed by atoms with Gasteiger partial charge in [-0.3, -0.25) is 9.58 Å². The Hall–Kier alpha value is -1.16. The van der Waals surface area contributed by atoms with Gasteiger partial charge >= 0.3 is 0 Å². The van der Waals surface area contributed by atoms with Crippen LogP contribution >= 0.6 is 0 Å². The van der Waals surface area contributed by atoms with Crippen LogP contribution < -0.4 is 4.74 Å². The van der Waals surface area contributed by atoms with Gasteiger partial charge in [0.1, 0.15) is 12.2 Å². The highest BCUT2D eigenvalue weighted by Gasteiger charge is 2.33. The Bertz CT molecular complexity index is 572. The van der Waals surface area contributed by atoms with Crippen LogP contribution in [0.1, 0.15) is 0 Å². The van der Waals surface area contributed by atoms with E-state index in [2.05, 4.69) is 5.10 Å². The zero-order chi connectivity index (χ0) is 15.6. The highest BCUT2D eigenvalue weighted by atomic mass is 32.2. The summed E-state index contributed by atoms with van der Waals surface area (Å²) in [6, 6.07) is 0. The lowest BCUT2D eigenvalue weighted by Gasteiger charge is -2.17. The van der Waals surface area contributed by atoms with E-state index in [0.29, 0.717) is 25.4 Å². The molecule has 21 heavy (non-hydrogen) atoms. The molecule has 0 bridgehead atoms. The van der Waals surface area contributed by atoms with Crippen molar-refractivity contribution in [2.75, 3.05) is 39.5 Å². The molecule has 0 amide bonds. The monoisotopic (exact) mass is 318 g/mol. The second kappa shape index (κ2) is 6.30. The average molecular weight is 318 g/mol. The maximum Gasteiger partial charge on any atom is 0.214 e. The van der Waals surface area contributed by atoms with Gasteiger partial charge in [-0.2, -0.15) is 5.10 Å². The van der Waals surface area contributed by atoms with Crippen LogP contribution in [0.5, 0.6) is 5.75 Å². The maximum atomic E-state index is 11.7. The summed E-state index contributed by atoms with van der Waals surface area (Å²) in [5, 5.41) is 14.0. The molecule has 2 atom stereocenters. The van der Waals surface area contributed by atoms with Gasteiger partial charge < -0.3 is 9.84 Å². The largest absolute Gasteiger partial charge is 0.483 e. The number of hydrogen-bond donors (Lipinski definition) is 1. The van der Waals surface area contributed by atoms with Crippen LogP contribution in [0, 0.1) is 0 Å². The molecule has 0 aromatic carbocycles. The predicted octanol–water partition coefficient (Wildman–Crippen LogP) is -1.26. The van der Waals surface area contributed by atoms with Gasteiger partial charge in [0.25, 0.3) is 0 Å². The fraction of sp³-hybridized carbons (Fsp3) is 0.750. The van der Waals surface area contributed by atoms with E-state index in [4.69, 9.17) is 4.74 Å². The fourth-order valence-electron chi connectivity index (χ4n) is 2.19. The molecule has 1 aliphatic heterocycles. The zero-order valence-corrected chi connectivity index (χ0v) is 13.3. The van der Waals surface area contributed by atoms with Gasteiger partial charge in [0.2, 0.25) is 10.0 Å². The summed E-state index contributed by atoms with van der Waals surface area (Å²) in [5.41, 5.74) is 0. The number of likely N-dealkylation sites (tertiary alicyclic amines) is 1. The molecule has 1 N–H and O–H groups in total. The van der Waals surface area contributed by atoms with Gasteiger partial charge in [0.15, 0.2) is 5.75 Å². The minimum Gasteiger partial charge on any atom is -0.483 e. The topological polar surface area (TPSA) is 87.9 Å². The minimum absolute atomic E-state index is 0.0341. The molecule has 0 unspecified atom stereocenters. The Morgan fingerprint density at radius 2 is 2.19 bits per heavy atom. The van der Waals surface area contributed by atoms with Crippen molar-refractivity contribution >= 4 is 10.0 Å². The number of hydrogen-bond acceptors (Lipinski definition) is 6. The van der Waals surface area contributed by atoms with E-state index in [1.54, 1.807) is 24.1 Å². The van der Waals surface area contributed by atoms with E-state index in [1.165, 1.54) is 18.4 Å². The Morgan fingerprint density at radius 3 is 2.76 bits per heavy atom. The van der Waals surface area contributed by atoms with Crippen molar-refractivity contribution in [1.29, 1.82) is 0 Å². The molecule has 1 aromatic rings. The fourth-order valence-corrected chi connectivity index (χ4v) is 3.05. The molecule has 120 valence electrons. The standard InChI is InChI=1S/C12H22N4O4S/c1-14(2)21(18,19)5-4-16-8-11(17)12(9-16)20-10-6-13-15(3)7-10/h6-7,11-12,17H,4-5,8-9H2,1-3H3/t11-,12-/m1/s1. The van der Waals surface area contributed by atoms with Crippen LogP contribution in [0.2, 0.25) is 0 Å². The van der Waals surface area contributed by atoms with Gasteiger partial charge in [0.05, 0.1) is 18.1 Å². The molecule has 8 nitrogen and oxygen atoms in total. The van der Waals surface area contributed by atoms with Gasteiger partial charge in [0, 0.05) is 40.8 Å². The molecule has 9 heteroatoms. The van der Waals surface area contributed by atoms with Crippen LogP contribution in [0.25, 0.3) is 0 Å². The second-order valence-electron chi connectivity index (χ2n) is 5.43. The number of nitrogens with zero attached hydrogens (tertiary/aromatic N) is 4. The summed E-state index contributed by atoms with van der Waals surface area (Å²) >= 11 is 0. The van der Waals surface area contributed by atoms with Crippen LogP contribution in [0.3, 0.4) is 0 Å². The van der Waals surface area contributed by atoms with E-state index in [0.717, 1.165) is 0 Å². The van der Waals surface area contributed by atoms with Crippen molar-refractivity contribution in [1.82, 2.24) is 19.0 Å². The summed E-state index contributed by atoms with van der Waals surface area (Å²) in [4.78, 5) is 1.90. The van der Waals surface area contributed by atoms with Crippen molar-refractivity contribution in [2.24, 2.45) is 7.05 Å². The molecule has 2 rings (SSSR count). The van der Waals surface area contributed by atoms with Gasteiger partial charge in [-0.1, -0.05) is 0 Å². The molecular weight excluding hydrogens is 296 g/mol. The Balaban J connectivity index is 1.86. The summed E-state index contributed by atoms with van der Waals surface area (Å²) < 4.78 is 32.0. The molecule has 0 saturated carbocycles. The third-order valence-corrected chi connectivity index (χ3v) is 5.31. The van der Waals surface area contributed by atoms with E-state index in [-0.39, 0.29) is 11.9 Å². The summed E-state index contributed by atoms with van der Waals surface area (Å²) in [6.07, 6.45) is 2.32. The van der Waals surface area contributed by atoms with Crippen molar-refractivity contribution < 1.29 is 18.3 Å². The Kier molecular flexibility index (Phi) is 4.87. The van der Waals surface area contributed by atoms with Crippen LogP contribution in [-0.2, 0) is 17.1 Å². The number of β-amino-alcohol motifs (C(OH)–C–C–N with tert-alkyl or cyclic N) is 1. The average Bonchev–Trinajstić information content (AvgIpc) is 2.94.